The fourth-order valence-corrected chi connectivity index (χ4v) is 15.6. The molecule has 0 aliphatic carbocycles. The summed E-state index contributed by atoms with van der Waals surface area (Å²) in [6.45, 7) is 17.0. The molecule has 0 unspecified atom stereocenters. The van der Waals surface area contributed by atoms with Gasteiger partial charge in [0.15, 0.2) is 5.58 Å². The van der Waals surface area contributed by atoms with Crippen molar-refractivity contribution in [3.05, 3.63) is 259 Å². The van der Waals surface area contributed by atoms with Crippen molar-refractivity contribution >= 4 is 146 Å². The van der Waals surface area contributed by atoms with Crippen LogP contribution >= 0.6 is 11.3 Å². The summed E-state index contributed by atoms with van der Waals surface area (Å²) in [5.74, 6) is 0. The van der Waals surface area contributed by atoms with Crippen LogP contribution in [0.2, 0.25) is 0 Å². The van der Waals surface area contributed by atoms with Crippen molar-refractivity contribution in [2.45, 2.75) is 26.2 Å². The third-order valence-corrected chi connectivity index (χ3v) is 19.4. The molecule has 402 valence electrons. The zero-order valence-corrected chi connectivity index (χ0v) is 47.8. The van der Waals surface area contributed by atoms with Gasteiger partial charge in [0.25, 0.3) is 0 Å². The smallest absolute Gasteiger partial charge is 0.237 e. The average Bonchev–Trinajstić information content (AvgIpc) is 1.49. The number of nitrogens with zero attached hydrogens (tertiary/aromatic N) is 6. The van der Waals surface area contributed by atoms with Gasteiger partial charge in [-0.15, -0.1) is 11.3 Å². The number of hydrogen-bond acceptors (Lipinski definition) is 3. The highest BCUT2D eigenvalue weighted by atomic mass is 32.1. The Kier molecular flexibility index (Phi) is 9.95. The van der Waals surface area contributed by atoms with Crippen molar-refractivity contribution in [1.29, 1.82) is 5.26 Å². The lowest BCUT2D eigenvalue weighted by Crippen LogP contribution is -2.15. The molecule has 0 atom stereocenters. The SMILES string of the molecule is [C-]#[N+]c1c(-n2c3ccccc3c3ccccc32)c(-n2c3ccc(C(C)(C)C)cc3c3ccc4c5ccccc5sc4c32)c(-n2c3ccccc3c3ccccc32)c(C#N)c1-n1c2ccc(-c3ccccc3)cc2c2ccc3c4ccccc4oc3c21. The summed E-state index contributed by atoms with van der Waals surface area (Å²) < 4.78 is 18.8. The molecule has 0 bridgehead atoms. The molecule has 0 amide bonds. The predicted molar refractivity (Wildman–Crippen MR) is 359 cm³/mol. The van der Waals surface area contributed by atoms with E-state index in [-0.39, 0.29) is 5.41 Å². The van der Waals surface area contributed by atoms with Gasteiger partial charge in [0.2, 0.25) is 5.69 Å². The van der Waals surface area contributed by atoms with Crippen LogP contribution in [-0.2, 0) is 5.41 Å². The number of rotatable bonds is 5. The Bertz CT molecular complexity index is 5840. The van der Waals surface area contributed by atoms with Crippen LogP contribution in [0.5, 0.6) is 0 Å². The first-order chi connectivity index (χ1) is 42.3. The van der Waals surface area contributed by atoms with E-state index in [1.54, 1.807) is 11.3 Å². The fourth-order valence-electron chi connectivity index (χ4n) is 14.4. The number of thiophene rings is 1. The summed E-state index contributed by atoms with van der Waals surface area (Å²) in [4.78, 5) is 4.93. The number of para-hydroxylation sites is 5. The predicted octanol–water partition coefficient (Wildman–Crippen LogP) is 21.7. The Labute approximate surface area is 496 Å². The van der Waals surface area contributed by atoms with Gasteiger partial charge in [0.1, 0.15) is 11.7 Å². The van der Waals surface area contributed by atoms with Crippen LogP contribution in [0.15, 0.2) is 241 Å². The van der Waals surface area contributed by atoms with E-state index in [0.717, 1.165) is 125 Å². The summed E-state index contributed by atoms with van der Waals surface area (Å²) in [6, 6.07) is 87.1. The Morgan fingerprint density at radius 3 is 1.53 bits per heavy atom. The van der Waals surface area contributed by atoms with Crippen molar-refractivity contribution in [2.24, 2.45) is 0 Å². The fraction of sp³-hybridized carbons (Fsp3) is 0.0513. The summed E-state index contributed by atoms with van der Waals surface area (Å²) >= 11 is 1.79. The third kappa shape index (κ3) is 6.48. The van der Waals surface area contributed by atoms with E-state index in [1.807, 2.05) is 24.3 Å². The first-order valence-corrected chi connectivity index (χ1v) is 29.9. The summed E-state index contributed by atoms with van der Waals surface area (Å²) in [6.07, 6.45) is 0. The molecule has 0 N–H and O–H groups in total. The highest BCUT2D eigenvalue weighted by Crippen LogP contribution is 2.54. The van der Waals surface area contributed by atoms with Gasteiger partial charge in [-0.1, -0.05) is 191 Å². The van der Waals surface area contributed by atoms with Gasteiger partial charge in [-0.3, -0.25) is 0 Å². The largest absolute Gasteiger partial charge is 0.454 e. The van der Waals surface area contributed by atoms with Gasteiger partial charge in [0, 0.05) is 69.3 Å². The molecule has 0 saturated heterocycles. The van der Waals surface area contributed by atoms with Crippen molar-refractivity contribution in [1.82, 2.24) is 18.3 Å². The van der Waals surface area contributed by atoms with E-state index < -0.39 is 0 Å². The molecule has 7 nitrogen and oxygen atoms in total. The van der Waals surface area contributed by atoms with Crippen molar-refractivity contribution in [3.63, 3.8) is 0 Å². The maximum absolute atomic E-state index is 13.0. The Morgan fingerprint density at radius 2 is 0.907 bits per heavy atom. The van der Waals surface area contributed by atoms with E-state index >= 15 is 0 Å². The van der Waals surface area contributed by atoms with Gasteiger partial charge in [-0.05, 0) is 88.8 Å². The molecule has 86 heavy (non-hydrogen) atoms. The minimum absolute atomic E-state index is 0.172. The van der Waals surface area contributed by atoms with Crippen molar-refractivity contribution < 1.29 is 4.42 Å². The molecule has 6 aromatic heterocycles. The van der Waals surface area contributed by atoms with Crippen LogP contribution in [0.4, 0.5) is 5.69 Å². The van der Waals surface area contributed by atoms with Crippen LogP contribution in [-0.4, -0.2) is 18.3 Å². The molecule has 0 radical (unpaired) electrons. The van der Waals surface area contributed by atoms with E-state index in [2.05, 4.69) is 257 Å². The number of nitriles is 1. The quantitative estimate of drug-likeness (QED) is 0.161. The minimum atomic E-state index is -0.172. The zero-order chi connectivity index (χ0) is 57.3. The van der Waals surface area contributed by atoms with E-state index in [9.17, 15) is 11.8 Å². The molecule has 0 saturated carbocycles. The van der Waals surface area contributed by atoms with Crippen molar-refractivity contribution in [2.75, 3.05) is 0 Å². The van der Waals surface area contributed by atoms with Crippen LogP contribution in [0.3, 0.4) is 0 Å². The second kappa shape index (κ2) is 17.7. The number of fused-ring (bicyclic) bond motifs is 20. The number of aromatic nitrogens is 4. The van der Waals surface area contributed by atoms with Crippen molar-refractivity contribution in [3.8, 4) is 39.9 Å². The minimum Gasteiger partial charge on any atom is -0.454 e. The molecule has 0 fully saturated rings. The average molecular weight is 1120 g/mol. The summed E-state index contributed by atoms with van der Waals surface area (Å²) in [5.41, 5.74) is 15.0. The van der Waals surface area contributed by atoms with Crippen LogP contribution < -0.4 is 0 Å². The van der Waals surface area contributed by atoms with Gasteiger partial charge in [-0.2, -0.15) is 5.26 Å². The maximum Gasteiger partial charge on any atom is 0.237 e. The second-order valence-corrected chi connectivity index (χ2v) is 24.8. The second-order valence-electron chi connectivity index (χ2n) is 23.7. The van der Waals surface area contributed by atoms with E-state index in [1.165, 1.54) is 15.6 Å². The molecule has 0 aliphatic heterocycles. The van der Waals surface area contributed by atoms with Gasteiger partial charge < -0.3 is 22.7 Å². The van der Waals surface area contributed by atoms with E-state index in [4.69, 9.17) is 9.26 Å². The first-order valence-electron chi connectivity index (χ1n) is 29.1. The van der Waals surface area contributed by atoms with Crippen LogP contribution in [0.1, 0.15) is 31.9 Å². The lowest BCUT2D eigenvalue weighted by Gasteiger charge is -2.27. The van der Waals surface area contributed by atoms with Gasteiger partial charge in [0.05, 0.1) is 83.7 Å². The number of benzene rings is 12. The number of hydrogen-bond donors (Lipinski definition) is 0. The standard InChI is InChI=1S/C78H48N6OS/c1-78(2,3)47-35-41-66-59(43-47)55-37-39-57-53-27-13-19-33-68(53)86-77(57)73(55)84(66)75-71(81-61-28-14-8-22-48(61)49-23-9-15-29-62(49)81)60(44-79)70(69(80-4)74(75)82-63-30-16-10-24-50(63)51-25-11-17-31-64(51)82)83-65-40-34-46(45-20-6-5-7-21-45)42-58(65)54-36-38-56-52-26-12-18-32-67(52)85-76(56)72(54)83/h5-43H,1-3H3. The Morgan fingerprint density at radius 1 is 0.407 bits per heavy atom. The molecular weight excluding hydrogens is 1070 g/mol. The zero-order valence-electron chi connectivity index (χ0n) is 47.0. The maximum atomic E-state index is 13.0. The molecular formula is C78H48N6OS. The Balaban J connectivity index is 1.16. The lowest BCUT2D eigenvalue weighted by molar-refractivity contribution is 0.591. The monoisotopic (exact) mass is 1120 g/mol. The molecule has 12 aromatic carbocycles. The first kappa shape index (κ1) is 48.4. The van der Waals surface area contributed by atoms with Gasteiger partial charge in [-0.25, -0.2) is 4.85 Å². The van der Waals surface area contributed by atoms with Gasteiger partial charge >= 0.3 is 0 Å². The highest BCUT2D eigenvalue weighted by Gasteiger charge is 2.36. The summed E-state index contributed by atoms with van der Waals surface area (Å²) in [7, 11) is 0. The normalized spacial score (nSPS) is 12.3. The van der Waals surface area contributed by atoms with Crippen LogP contribution in [0, 0.1) is 17.9 Å². The lowest BCUT2D eigenvalue weighted by atomic mass is 9.86. The third-order valence-electron chi connectivity index (χ3n) is 18.2. The van der Waals surface area contributed by atoms with E-state index in [0.29, 0.717) is 39.6 Å². The highest BCUT2D eigenvalue weighted by molar-refractivity contribution is 7.26. The molecule has 6 heterocycles. The molecule has 18 aromatic rings. The summed E-state index contributed by atoms with van der Waals surface area (Å²) in [5, 5.41) is 25.5. The number of furan rings is 1. The molecule has 0 aliphatic rings. The topological polar surface area (TPSA) is 61.0 Å². The molecule has 8 heteroatoms. The molecule has 0 spiro atoms. The van der Waals surface area contributed by atoms with Crippen LogP contribution in [0.25, 0.3) is 168 Å². The molecule has 18 rings (SSSR count). The Hall–Kier alpha value is -11.2.